The molecule has 3 heteroatoms. The molecule has 2 atom stereocenters. The number of benzene rings is 1. The van der Waals surface area contributed by atoms with Crippen LogP contribution >= 0.6 is 15.9 Å². The fourth-order valence-electron chi connectivity index (χ4n) is 2.24. The van der Waals surface area contributed by atoms with Crippen molar-refractivity contribution in [2.45, 2.75) is 38.1 Å². The third kappa shape index (κ3) is 3.22. The lowest BCUT2D eigenvalue weighted by Gasteiger charge is -2.18. The van der Waals surface area contributed by atoms with E-state index in [2.05, 4.69) is 64.3 Å². The number of pyridine rings is 1. The molecule has 2 aromatic rings. The molecule has 0 bridgehead atoms. The van der Waals surface area contributed by atoms with E-state index in [-0.39, 0.29) is 0 Å². The molecule has 0 amide bonds. The highest BCUT2D eigenvalue weighted by atomic mass is 79.9. The molecule has 1 aromatic heterocycles. The highest BCUT2D eigenvalue weighted by Gasteiger charge is 2.09. The molecule has 0 saturated heterocycles. The number of rotatable bonds is 4. The molecular weight excluding hydrogens is 288 g/mol. The fraction of sp³-hybridized carbons (Fsp3) is 0.400. The number of alkyl halides is 1. The quantitative estimate of drug-likeness (QED) is 0.840. The normalized spacial score (nSPS) is 14.4. The van der Waals surface area contributed by atoms with Gasteiger partial charge in [-0.15, -0.1) is 0 Å². The molecule has 96 valence electrons. The van der Waals surface area contributed by atoms with Crippen LogP contribution in [0.2, 0.25) is 0 Å². The van der Waals surface area contributed by atoms with E-state index < -0.39 is 0 Å². The Kier molecular flexibility index (Phi) is 4.23. The van der Waals surface area contributed by atoms with Gasteiger partial charge in [0.1, 0.15) is 0 Å². The second kappa shape index (κ2) is 5.70. The number of anilines is 1. The van der Waals surface area contributed by atoms with Crippen LogP contribution in [0.15, 0.2) is 30.3 Å². The summed E-state index contributed by atoms with van der Waals surface area (Å²) >= 11 is 3.60. The van der Waals surface area contributed by atoms with Crippen LogP contribution in [-0.4, -0.2) is 15.9 Å². The Labute approximate surface area is 117 Å². The van der Waals surface area contributed by atoms with Crippen LogP contribution in [0.1, 0.15) is 26.0 Å². The number of fused-ring (bicyclic) bond motifs is 1. The average molecular weight is 307 g/mol. The van der Waals surface area contributed by atoms with Crippen molar-refractivity contribution in [2.24, 2.45) is 0 Å². The summed E-state index contributed by atoms with van der Waals surface area (Å²) in [6.07, 6.45) is 1.09. The van der Waals surface area contributed by atoms with Crippen molar-refractivity contribution in [3.8, 4) is 0 Å². The first kappa shape index (κ1) is 13.3. The molecule has 1 aromatic carbocycles. The Morgan fingerprint density at radius 1 is 1.28 bits per heavy atom. The zero-order valence-corrected chi connectivity index (χ0v) is 12.7. The van der Waals surface area contributed by atoms with Gasteiger partial charge in [0.05, 0.1) is 5.52 Å². The molecule has 2 rings (SSSR count). The van der Waals surface area contributed by atoms with Gasteiger partial charge in [-0.05, 0) is 32.4 Å². The molecule has 18 heavy (non-hydrogen) atoms. The maximum Gasteiger partial charge on any atom is 0.0725 e. The van der Waals surface area contributed by atoms with Crippen molar-refractivity contribution < 1.29 is 0 Å². The number of aromatic nitrogens is 1. The molecule has 0 spiro atoms. The lowest BCUT2D eigenvalue weighted by Crippen LogP contribution is -2.18. The minimum Gasteiger partial charge on any atom is -0.382 e. The standard InChI is InChI=1S/C15H19BrN2/c1-10(16)8-11(2)18-15-9-12(3)17-14-7-5-4-6-13(14)15/h4-7,9-11H,8H2,1-3H3,(H,17,18). The van der Waals surface area contributed by atoms with Crippen LogP contribution in [0, 0.1) is 6.92 Å². The molecule has 2 unspecified atom stereocenters. The van der Waals surface area contributed by atoms with Gasteiger partial charge >= 0.3 is 0 Å². The number of hydrogen-bond acceptors (Lipinski definition) is 2. The summed E-state index contributed by atoms with van der Waals surface area (Å²) in [5, 5.41) is 4.78. The summed E-state index contributed by atoms with van der Waals surface area (Å²) < 4.78 is 0. The van der Waals surface area contributed by atoms with Crippen molar-refractivity contribution in [1.29, 1.82) is 0 Å². The zero-order valence-electron chi connectivity index (χ0n) is 11.1. The summed E-state index contributed by atoms with van der Waals surface area (Å²) in [5.41, 5.74) is 3.29. The number of aryl methyl sites for hydroxylation is 1. The molecule has 0 saturated carbocycles. The Balaban J connectivity index is 2.32. The van der Waals surface area contributed by atoms with Crippen molar-refractivity contribution in [3.05, 3.63) is 36.0 Å². The number of nitrogens with zero attached hydrogens (tertiary/aromatic N) is 1. The smallest absolute Gasteiger partial charge is 0.0725 e. The van der Waals surface area contributed by atoms with Crippen LogP contribution in [0.4, 0.5) is 5.69 Å². The summed E-state index contributed by atoms with van der Waals surface area (Å²) in [4.78, 5) is 5.08. The lowest BCUT2D eigenvalue weighted by molar-refractivity contribution is 0.709. The van der Waals surface area contributed by atoms with E-state index in [0.29, 0.717) is 10.9 Å². The minimum atomic E-state index is 0.435. The van der Waals surface area contributed by atoms with E-state index in [1.54, 1.807) is 0 Å². The predicted octanol–water partition coefficient (Wildman–Crippen LogP) is 4.52. The van der Waals surface area contributed by atoms with Gasteiger partial charge in [-0.3, -0.25) is 4.98 Å². The van der Waals surface area contributed by atoms with Gasteiger partial charge in [0.25, 0.3) is 0 Å². The van der Waals surface area contributed by atoms with Gasteiger partial charge in [0, 0.05) is 27.6 Å². The van der Waals surface area contributed by atoms with E-state index in [4.69, 9.17) is 0 Å². The van der Waals surface area contributed by atoms with Crippen LogP contribution in [0.3, 0.4) is 0 Å². The van der Waals surface area contributed by atoms with E-state index in [1.165, 1.54) is 11.1 Å². The molecular formula is C15H19BrN2. The van der Waals surface area contributed by atoms with Gasteiger partial charge in [0.2, 0.25) is 0 Å². The van der Waals surface area contributed by atoms with Crippen LogP contribution in [0.25, 0.3) is 10.9 Å². The monoisotopic (exact) mass is 306 g/mol. The molecule has 2 nitrogen and oxygen atoms in total. The third-order valence-electron chi connectivity index (χ3n) is 2.92. The minimum absolute atomic E-state index is 0.435. The van der Waals surface area contributed by atoms with Crippen LogP contribution in [-0.2, 0) is 0 Å². The maximum absolute atomic E-state index is 4.56. The Morgan fingerprint density at radius 3 is 2.72 bits per heavy atom. The summed E-state index contributed by atoms with van der Waals surface area (Å²) in [6, 6.07) is 10.8. The third-order valence-corrected chi connectivity index (χ3v) is 3.30. The first-order valence-corrected chi connectivity index (χ1v) is 7.25. The number of nitrogens with one attached hydrogen (secondary N) is 1. The number of halogens is 1. The van der Waals surface area contributed by atoms with Crippen molar-refractivity contribution in [2.75, 3.05) is 5.32 Å². The van der Waals surface area contributed by atoms with Gasteiger partial charge in [-0.1, -0.05) is 41.1 Å². The van der Waals surface area contributed by atoms with E-state index >= 15 is 0 Å². The second-order valence-corrected chi connectivity index (χ2v) is 6.45. The highest BCUT2D eigenvalue weighted by Crippen LogP contribution is 2.24. The molecule has 0 radical (unpaired) electrons. The maximum atomic E-state index is 4.56. The molecule has 1 N–H and O–H groups in total. The summed E-state index contributed by atoms with van der Waals surface area (Å²) in [6.45, 7) is 6.42. The molecule has 0 fully saturated rings. The topological polar surface area (TPSA) is 24.9 Å². The second-order valence-electron chi connectivity index (χ2n) is 4.89. The summed E-state index contributed by atoms with van der Waals surface area (Å²) in [5.74, 6) is 0. The first-order valence-electron chi connectivity index (χ1n) is 6.33. The zero-order chi connectivity index (χ0) is 13.1. The van der Waals surface area contributed by atoms with Crippen LogP contribution in [0.5, 0.6) is 0 Å². The van der Waals surface area contributed by atoms with Crippen LogP contribution < -0.4 is 5.32 Å². The highest BCUT2D eigenvalue weighted by molar-refractivity contribution is 9.09. The number of hydrogen-bond donors (Lipinski definition) is 1. The summed E-state index contributed by atoms with van der Waals surface area (Å²) in [7, 11) is 0. The van der Waals surface area contributed by atoms with E-state index in [1.807, 2.05) is 13.0 Å². The Bertz CT molecular complexity index is 537. The average Bonchev–Trinajstić information content (AvgIpc) is 2.27. The Hall–Kier alpha value is -1.09. The predicted molar refractivity (Wildman–Crippen MR) is 82.6 cm³/mol. The van der Waals surface area contributed by atoms with E-state index in [9.17, 15) is 0 Å². The fourth-order valence-corrected chi connectivity index (χ4v) is 2.80. The van der Waals surface area contributed by atoms with Gasteiger partial charge in [0.15, 0.2) is 0 Å². The first-order chi connectivity index (χ1) is 8.56. The largest absolute Gasteiger partial charge is 0.382 e. The van der Waals surface area contributed by atoms with Crippen molar-refractivity contribution in [3.63, 3.8) is 0 Å². The lowest BCUT2D eigenvalue weighted by atomic mass is 10.1. The van der Waals surface area contributed by atoms with Gasteiger partial charge < -0.3 is 5.32 Å². The SMILES string of the molecule is Cc1cc(NC(C)CC(C)Br)c2ccccc2n1. The van der Waals surface area contributed by atoms with Crippen molar-refractivity contribution >= 4 is 32.5 Å². The molecule has 0 aliphatic heterocycles. The van der Waals surface area contributed by atoms with Gasteiger partial charge in [-0.25, -0.2) is 0 Å². The molecule has 0 aliphatic rings. The van der Waals surface area contributed by atoms with Gasteiger partial charge in [-0.2, -0.15) is 0 Å². The molecule has 0 aliphatic carbocycles. The Morgan fingerprint density at radius 2 is 2.00 bits per heavy atom. The number of para-hydroxylation sites is 1. The van der Waals surface area contributed by atoms with E-state index in [0.717, 1.165) is 17.6 Å². The molecule has 1 heterocycles. The van der Waals surface area contributed by atoms with Crippen molar-refractivity contribution in [1.82, 2.24) is 4.98 Å².